The fourth-order valence-electron chi connectivity index (χ4n) is 1.59. The van der Waals surface area contributed by atoms with E-state index in [-0.39, 0.29) is 19.4 Å². The van der Waals surface area contributed by atoms with E-state index in [0.717, 1.165) is 0 Å². The lowest BCUT2D eigenvalue weighted by atomic mass is 10.1. The van der Waals surface area contributed by atoms with Crippen molar-refractivity contribution in [2.45, 2.75) is 38.9 Å². The first-order valence-electron chi connectivity index (χ1n) is 6.36. The number of nitrogens with two attached hydrogens (primary N) is 1. The number of nitrogens with one attached hydrogen (secondary N) is 2. The molecule has 1 aromatic heterocycles. The molecule has 0 spiro atoms. The van der Waals surface area contributed by atoms with Crippen LogP contribution in [0.5, 0.6) is 0 Å². The minimum atomic E-state index is -1.23. The normalized spacial score (nSPS) is 11.7. The number of aryl methyl sites for hydroxylation is 1. The van der Waals surface area contributed by atoms with Crippen LogP contribution in [0, 0.1) is 0 Å². The Kier molecular flexibility index (Phi) is 6.11. The quantitative estimate of drug-likeness (QED) is 0.473. The summed E-state index contributed by atoms with van der Waals surface area (Å²) in [5, 5.41) is 21.2. The highest BCUT2D eigenvalue weighted by atomic mass is 16.4. The van der Waals surface area contributed by atoms with Gasteiger partial charge in [-0.25, -0.2) is 9.59 Å². The fraction of sp³-hybridized carbons (Fsp3) is 0.545. The van der Waals surface area contributed by atoms with Crippen molar-refractivity contribution in [2.75, 3.05) is 0 Å². The second-order valence-electron chi connectivity index (χ2n) is 4.26. The molecule has 1 aromatic rings. The third kappa shape index (κ3) is 5.47. The zero-order chi connectivity index (χ0) is 15.8. The molecule has 21 heavy (non-hydrogen) atoms. The molecule has 0 aliphatic heterocycles. The molecule has 1 rings (SSSR count). The van der Waals surface area contributed by atoms with Crippen LogP contribution in [-0.2, 0) is 22.7 Å². The van der Waals surface area contributed by atoms with Gasteiger partial charge in [0, 0.05) is 13.0 Å². The number of nitrogens with zero attached hydrogens (tertiary/aromatic N) is 3. The molecule has 0 fully saturated rings. The average Bonchev–Trinajstić information content (AvgIpc) is 2.88. The summed E-state index contributed by atoms with van der Waals surface area (Å²) in [5.41, 5.74) is 4.95. The van der Waals surface area contributed by atoms with E-state index in [4.69, 9.17) is 10.8 Å². The zero-order valence-electron chi connectivity index (χ0n) is 11.6. The Morgan fingerprint density at radius 1 is 1.48 bits per heavy atom. The van der Waals surface area contributed by atoms with Crippen molar-refractivity contribution in [2.24, 2.45) is 5.73 Å². The molecule has 5 N–H and O–H groups in total. The van der Waals surface area contributed by atoms with E-state index >= 15 is 0 Å². The number of hydrogen-bond donors (Lipinski definition) is 4. The number of carbonyl (C=O) groups excluding carboxylic acids is 2. The number of rotatable bonds is 8. The summed E-state index contributed by atoms with van der Waals surface area (Å²) in [6.45, 7) is 2.67. The fourth-order valence-corrected chi connectivity index (χ4v) is 1.59. The Labute approximate surface area is 120 Å². The van der Waals surface area contributed by atoms with Crippen molar-refractivity contribution >= 4 is 17.9 Å². The maximum Gasteiger partial charge on any atom is 0.326 e. The van der Waals surface area contributed by atoms with Crippen molar-refractivity contribution in [3.8, 4) is 0 Å². The van der Waals surface area contributed by atoms with Gasteiger partial charge in [0.1, 0.15) is 12.4 Å². The number of aromatic nitrogens is 3. The van der Waals surface area contributed by atoms with Crippen molar-refractivity contribution in [3.05, 3.63) is 12.2 Å². The molecule has 0 radical (unpaired) electrons. The van der Waals surface area contributed by atoms with E-state index in [1.54, 1.807) is 4.57 Å². The number of urea groups is 1. The summed E-state index contributed by atoms with van der Waals surface area (Å²) < 4.78 is 1.74. The van der Waals surface area contributed by atoms with Gasteiger partial charge in [-0.15, -0.1) is 10.2 Å². The number of carbonyl (C=O) groups is 3. The summed E-state index contributed by atoms with van der Waals surface area (Å²) in [6, 6.07) is -1.85. The summed E-state index contributed by atoms with van der Waals surface area (Å²) in [5.74, 6) is -1.31. The molecule has 0 saturated carbocycles. The lowest BCUT2D eigenvalue weighted by Crippen LogP contribution is -2.46. The number of carboxylic acid groups (broad SMARTS) is 1. The number of carboxylic acids is 1. The Morgan fingerprint density at radius 2 is 2.19 bits per heavy atom. The van der Waals surface area contributed by atoms with Gasteiger partial charge in [0.2, 0.25) is 5.91 Å². The highest BCUT2D eigenvalue weighted by Crippen LogP contribution is 1.98. The van der Waals surface area contributed by atoms with Crippen molar-refractivity contribution in [1.29, 1.82) is 0 Å². The highest BCUT2D eigenvalue weighted by molar-refractivity contribution is 5.83. The van der Waals surface area contributed by atoms with Gasteiger partial charge in [-0.1, -0.05) is 0 Å². The standard InChI is InChI=1S/C11H18N6O4/c1-2-17-6-14-16-9(17)5-13-11(21)15-7(10(19)20)3-4-8(12)18/h6-7H,2-5H2,1H3,(H2,12,18)(H,19,20)(H2,13,15,21)/t7-/m1/s1. The number of hydrogen-bond acceptors (Lipinski definition) is 5. The van der Waals surface area contributed by atoms with Gasteiger partial charge >= 0.3 is 12.0 Å². The number of aliphatic carboxylic acids is 1. The average molecular weight is 298 g/mol. The maximum atomic E-state index is 11.6. The number of primary amides is 1. The molecule has 0 saturated heterocycles. The second-order valence-corrected chi connectivity index (χ2v) is 4.26. The topological polar surface area (TPSA) is 152 Å². The molecule has 0 unspecified atom stereocenters. The van der Waals surface area contributed by atoms with Crippen LogP contribution in [0.3, 0.4) is 0 Å². The van der Waals surface area contributed by atoms with Crippen LogP contribution in [0.2, 0.25) is 0 Å². The van der Waals surface area contributed by atoms with Gasteiger partial charge in [0.15, 0.2) is 5.82 Å². The van der Waals surface area contributed by atoms with Crippen LogP contribution in [0.4, 0.5) is 4.79 Å². The van der Waals surface area contributed by atoms with Gasteiger partial charge in [0.05, 0.1) is 6.54 Å². The first-order chi connectivity index (χ1) is 9.93. The van der Waals surface area contributed by atoms with E-state index in [9.17, 15) is 14.4 Å². The van der Waals surface area contributed by atoms with Crippen LogP contribution in [0.25, 0.3) is 0 Å². The van der Waals surface area contributed by atoms with E-state index in [1.807, 2.05) is 6.92 Å². The summed E-state index contributed by atoms with van der Waals surface area (Å²) in [7, 11) is 0. The molecule has 3 amide bonds. The van der Waals surface area contributed by atoms with Crippen LogP contribution < -0.4 is 16.4 Å². The van der Waals surface area contributed by atoms with Gasteiger partial charge in [-0.2, -0.15) is 0 Å². The van der Waals surface area contributed by atoms with Gasteiger partial charge in [-0.05, 0) is 13.3 Å². The molecule has 116 valence electrons. The molecule has 1 atom stereocenters. The smallest absolute Gasteiger partial charge is 0.326 e. The van der Waals surface area contributed by atoms with Crippen LogP contribution in [0.1, 0.15) is 25.6 Å². The first-order valence-corrected chi connectivity index (χ1v) is 6.36. The molecule has 0 bridgehead atoms. The highest BCUT2D eigenvalue weighted by Gasteiger charge is 2.20. The SMILES string of the molecule is CCn1cnnc1CNC(=O)N[C@H](CCC(N)=O)C(=O)O. The third-order valence-electron chi connectivity index (χ3n) is 2.73. The van der Waals surface area contributed by atoms with Gasteiger partial charge in [0.25, 0.3) is 0 Å². The number of amides is 3. The maximum absolute atomic E-state index is 11.6. The summed E-state index contributed by atoms with van der Waals surface area (Å²) in [4.78, 5) is 33.2. The van der Waals surface area contributed by atoms with Crippen LogP contribution in [-0.4, -0.2) is 43.8 Å². The summed E-state index contributed by atoms with van der Waals surface area (Å²) >= 11 is 0. The van der Waals surface area contributed by atoms with Crippen molar-refractivity contribution in [1.82, 2.24) is 25.4 Å². The molecule has 0 aromatic carbocycles. The van der Waals surface area contributed by atoms with Crippen molar-refractivity contribution in [3.63, 3.8) is 0 Å². The van der Waals surface area contributed by atoms with Crippen LogP contribution in [0.15, 0.2) is 6.33 Å². The Balaban J connectivity index is 2.46. The van der Waals surface area contributed by atoms with Crippen LogP contribution >= 0.6 is 0 Å². The summed E-state index contributed by atoms with van der Waals surface area (Å²) in [6.07, 6.45) is 1.34. The van der Waals surface area contributed by atoms with Crippen molar-refractivity contribution < 1.29 is 19.5 Å². The first kappa shape index (κ1) is 16.4. The largest absolute Gasteiger partial charge is 0.480 e. The molecule has 1 heterocycles. The Hall–Kier alpha value is -2.65. The molecule has 0 aliphatic rings. The molecule has 10 nitrogen and oxygen atoms in total. The second kappa shape index (κ2) is 7.82. The lowest BCUT2D eigenvalue weighted by molar-refractivity contribution is -0.139. The van der Waals surface area contributed by atoms with Gasteiger partial charge in [-0.3, -0.25) is 4.79 Å². The predicted octanol–water partition coefficient (Wildman–Crippen LogP) is -1.18. The Bertz CT molecular complexity index is 515. The zero-order valence-corrected chi connectivity index (χ0v) is 11.6. The molecule has 0 aliphatic carbocycles. The molecular formula is C11H18N6O4. The van der Waals surface area contributed by atoms with E-state index in [0.29, 0.717) is 12.4 Å². The minimum Gasteiger partial charge on any atom is -0.480 e. The predicted molar refractivity (Wildman–Crippen MR) is 70.9 cm³/mol. The molecule has 10 heteroatoms. The third-order valence-corrected chi connectivity index (χ3v) is 2.73. The van der Waals surface area contributed by atoms with E-state index < -0.39 is 23.9 Å². The van der Waals surface area contributed by atoms with E-state index in [1.165, 1.54) is 6.33 Å². The lowest BCUT2D eigenvalue weighted by Gasteiger charge is -2.14. The van der Waals surface area contributed by atoms with E-state index in [2.05, 4.69) is 20.8 Å². The monoisotopic (exact) mass is 298 g/mol. The Morgan fingerprint density at radius 3 is 2.76 bits per heavy atom. The molecular weight excluding hydrogens is 280 g/mol. The minimum absolute atomic E-state index is 0.0662. The van der Waals surface area contributed by atoms with Gasteiger partial charge < -0.3 is 26.0 Å².